The van der Waals surface area contributed by atoms with Crippen molar-refractivity contribution >= 4 is 5.84 Å². The fourth-order valence-corrected chi connectivity index (χ4v) is 0.847. The maximum atomic E-state index is 8.29. The molecule has 64 valence electrons. The number of pyridine rings is 1. The average molecular weight is 165 g/mol. The van der Waals surface area contributed by atoms with Gasteiger partial charge in [-0.2, -0.15) is 0 Å². The Hall–Kier alpha value is -1.58. The molecule has 0 aliphatic rings. The van der Waals surface area contributed by atoms with Gasteiger partial charge in [-0.1, -0.05) is 11.2 Å². The van der Waals surface area contributed by atoms with E-state index < -0.39 is 0 Å². The van der Waals surface area contributed by atoms with Gasteiger partial charge in [-0.25, -0.2) is 0 Å². The van der Waals surface area contributed by atoms with E-state index in [0.717, 1.165) is 11.3 Å². The fourth-order valence-electron chi connectivity index (χ4n) is 0.847. The van der Waals surface area contributed by atoms with Crippen LogP contribution < -0.4 is 5.73 Å². The Balaban J connectivity index is 2.71. The maximum absolute atomic E-state index is 8.29. The minimum Gasteiger partial charge on any atom is -0.409 e. The number of aromatic nitrogens is 1. The molecule has 0 aliphatic heterocycles. The lowest BCUT2D eigenvalue weighted by Crippen LogP contribution is -2.14. The highest BCUT2D eigenvalue weighted by atomic mass is 16.4. The molecule has 1 aromatic rings. The molecule has 3 N–H and O–H groups in total. The first-order chi connectivity index (χ1) is 5.72. The van der Waals surface area contributed by atoms with Gasteiger partial charge in [0.05, 0.1) is 0 Å². The number of amidine groups is 1. The van der Waals surface area contributed by atoms with Crippen molar-refractivity contribution in [1.29, 1.82) is 0 Å². The molecular weight excluding hydrogens is 154 g/mol. The molecule has 1 heterocycles. The largest absolute Gasteiger partial charge is 0.409 e. The molecule has 12 heavy (non-hydrogen) atoms. The molecule has 0 aliphatic carbocycles. The molecular formula is C8H11N3O. The zero-order valence-electron chi connectivity index (χ0n) is 6.86. The molecule has 0 aromatic carbocycles. The van der Waals surface area contributed by atoms with E-state index >= 15 is 0 Å². The minimum atomic E-state index is 0.195. The van der Waals surface area contributed by atoms with E-state index in [0.29, 0.717) is 6.42 Å². The van der Waals surface area contributed by atoms with Crippen LogP contribution in [0.1, 0.15) is 11.3 Å². The molecule has 4 nitrogen and oxygen atoms in total. The number of hydrogen-bond acceptors (Lipinski definition) is 3. The van der Waals surface area contributed by atoms with Crippen LogP contribution in [0.4, 0.5) is 0 Å². The van der Waals surface area contributed by atoms with Crippen molar-refractivity contribution in [1.82, 2.24) is 4.98 Å². The lowest BCUT2D eigenvalue weighted by Gasteiger charge is -1.98. The molecule has 0 bridgehead atoms. The molecule has 4 heteroatoms. The first-order valence-electron chi connectivity index (χ1n) is 3.60. The smallest absolute Gasteiger partial charge is 0.143 e. The minimum absolute atomic E-state index is 0.195. The molecule has 0 unspecified atom stereocenters. The van der Waals surface area contributed by atoms with Gasteiger partial charge in [-0.15, -0.1) is 0 Å². The Morgan fingerprint density at radius 3 is 2.92 bits per heavy atom. The number of nitrogens with two attached hydrogens (primary N) is 1. The van der Waals surface area contributed by atoms with Crippen LogP contribution in [0.15, 0.2) is 23.5 Å². The van der Waals surface area contributed by atoms with Gasteiger partial charge in [-0.05, 0) is 18.6 Å². The number of aryl methyl sites for hydroxylation is 1. The van der Waals surface area contributed by atoms with Crippen LogP contribution in [0, 0.1) is 6.92 Å². The third kappa shape index (κ3) is 2.23. The van der Waals surface area contributed by atoms with Crippen molar-refractivity contribution in [2.45, 2.75) is 13.3 Å². The van der Waals surface area contributed by atoms with Crippen molar-refractivity contribution < 1.29 is 5.21 Å². The lowest BCUT2D eigenvalue weighted by molar-refractivity contribution is 0.317. The Morgan fingerprint density at radius 1 is 1.67 bits per heavy atom. The van der Waals surface area contributed by atoms with E-state index in [9.17, 15) is 0 Å². The molecule has 1 aromatic heterocycles. The van der Waals surface area contributed by atoms with Crippen molar-refractivity contribution in [3.63, 3.8) is 0 Å². The third-order valence-corrected chi connectivity index (χ3v) is 1.49. The fraction of sp³-hybridized carbons (Fsp3) is 0.250. The van der Waals surface area contributed by atoms with Gasteiger partial charge < -0.3 is 10.9 Å². The van der Waals surface area contributed by atoms with Crippen molar-refractivity contribution in [2.24, 2.45) is 10.9 Å². The van der Waals surface area contributed by atoms with Gasteiger partial charge in [0.2, 0.25) is 0 Å². The molecule has 0 spiro atoms. The predicted octanol–water partition coefficient (Wildman–Crippen LogP) is 0.679. The topological polar surface area (TPSA) is 71.5 Å². The van der Waals surface area contributed by atoms with Gasteiger partial charge in [0.1, 0.15) is 5.84 Å². The van der Waals surface area contributed by atoms with E-state index in [-0.39, 0.29) is 5.84 Å². The standard InChI is InChI=1S/C8H11N3O/c1-6-2-3-7(5-10-6)4-8(9)11-12/h2-3,5,12H,4H2,1H3,(H2,9,11). The van der Waals surface area contributed by atoms with Gasteiger partial charge in [0.15, 0.2) is 0 Å². The van der Waals surface area contributed by atoms with Crippen molar-refractivity contribution in [3.8, 4) is 0 Å². The van der Waals surface area contributed by atoms with Crippen molar-refractivity contribution in [2.75, 3.05) is 0 Å². The van der Waals surface area contributed by atoms with Gasteiger partial charge in [0.25, 0.3) is 0 Å². The summed E-state index contributed by atoms with van der Waals surface area (Å²) in [6.45, 7) is 1.91. The second-order valence-corrected chi connectivity index (χ2v) is 2.58. The Bertz CT molecular complexity index is 279. The zero-order chi connectivity index (χ0) is 8.97. The monoisotopic (exact) mass is 165 g/mol. The van der Waals surface area contributed by atoms with Gasteiger partial charge in [0, 0.05) is 18.3 Å². The Kier molecular flexibility index (Phi) is 2.63. The quantitative estimate of drug-likeness (QED) is 0.293. The highest BCUT2D eigenvalue weighted by Gasteiger charge is 1.96. The molecule has 1 rings (SSSR count). The van der Waals surface area contributed by atoms with Crippen LogP contribution >= 0.6 is 0 Å². The summed E-state index contributed by atoms with van der Waals surface area (Å²) in [6, 6.07) is 3.79. The summed E-state index contributed by atoms with van der Waals surface area (Å²) in [7, 11) is 0. The van der Waals surface area contributed by atoms with E-state index in [1.165, 1.54) is 0 Å². The first kappa shape index (κ1) is 8.52. The molecule has 0 atom stereocenters. The summed E-state index contributed by atoms with van der Waals surface area (Å²) in [4.78, 5) is 4.07. The predicted molar refractivity (Wildman–Crippen MR) is 46.1 cm³/mol. The van der Waals surface area contributed by atoms with Crippen LogP contribution in [0.5, 0.6) is 0 Å². The summed E-state index contributed by atoms with van der Waals surface area (Å²) < 4.78 is 0. The molecule has 0 amide bonds. The van der Waals surface area contributed by atoms with E-state index in [1.807, 2.05) is 19.1 Å². The normalized spacial score (nSPS) is 11.6. The van der Waals surface area contributed by atoms with Crippen LogP contribution in [-0.2, 0) is 6.42 Å². The van der Waals surface area contributed by atoms with Crippen LogP contribution in [0.3, 0.4) is 0 Å². The van der Waals surface area contributed by atoms with Crippen LogP contribution in [-0.4, -0.2) is 16.0 Å². The second-order valence-electron chi connectivity index (χ2n) is 2.58. The van der Waals surface area contributed by atoms with E-state index in [1.54, 1.807) is 6.20 Å². The summed E-state index contributed by atoms with van der Waals surface area (Å²) in [5, 5.41) is 11.2. The van der Waals surface area contributed by atoms with Gasteiger partial charge >= 0.3 is 0 Å². The Morgan fingerprint density at radius 2 is 2.42 bits per heavy atom. The first-order valence-corrected chi connectivity index (χ1v) is 3.60. The van der Waals surface area contributed by atoms with Crippen molar-refractivity contribution in [3.05, 3.63) is 29.6 Å². The van der Waals surface area contributed by atoms with Crippen LogP contribution in [0.25, 0.3) is 0 Å². The summed E-state index contributed by atoms with van der Waals surface area (Å²) in [5.74, 6) is 0.195. The Labute approximate surface area is 70.7 Å². The number of hydrogen-bond donors (Lipinski definition) is 2. The van der Waals surface area contributed by atoms with Gasteiger partial charge in [-0.3, -0.25) is 4.98 Å². The molecule has 0 radical (unpaired) electrons. The van der Waals surface area contributed by atoms with E-state index in [2.05, 4.69) is 10.1 Å². The number of oxime groups is 1. The summed E-state index contributed by atoms with van der Waals surface area (Å²) in [5.41, 5.74) is 7.21. The maximum Gasteiger partial charge on any atom is 0.143 e. The lowest BCUT2D eigenvalue weighted by atomic mass is 10.2. The SMILES string of the molecule is Cc1ccc(C/C(N)=N/O)cn1. The summed E-state index contributed by atoms with van der Waals surface area (Å²) in [6.07, 6.45) is 2.15. The number of rotatable bonds is 2. The third-order valence-electron chi connectivity index (χ3n) is 1.49. The number of nitrogens with zero attached hydrogens (tertiary/aromatic N) is 2. The highest BCUT2D eigenvalue weighted by Crippen LogP contribution is 1.99. The highest BCUT2D eigenvalue weighted by molar-refractivity contribution is 5.81. The van der Waals surface area contributed by atoms with Crippen LogP contribution in [0.2, 0.25) is 0 Å². The summed E-state index contributed by atoms with van der Waals surface area (Å²) >= 11 is 0. The molecule has 0 fully saturated rings. The average Bonchev–Trinajstić information content (AvgIpc) is 2.09. The zero-order valence-corrected chi connectivity index (χ0v) is 6.86. The molecule has 0 saturated carbocycles. The van der Waals surface area contributed by atoms with E-state index in [4.69, 9.17) is 10.9 Å². The second kappa shape index (κ2) is 3.71. The molecule has 0 saturated heterocycles.